The van der Waals surface area contributed by atoms with E-state index < -0.39 is 9.84 Å². The summed E-state index contributed by atoms with van der Waals surface area (Å²) in [6, 6.07) is 14.5. The molecular weight excluding hydrogens is 320 g/mol. The molecule has 2 aromatic carbocycles. The van der Waals surface area contributed by atoms with Gasteiger partial charge in [0, 0.05) is 17.1 Å². The molecule has 1 aromatic heterocycles. The summed E-state index contributed by atoms with van der Waals surface area (Å²) in [5.74, 6) is 0. The van der Waals surface area contributed by atoms with Gasteiger partial charge in [0.2, 0.25) is 9.84 Å². The molecule has 0 radical (unpaired) electrons. The van der Waals surface area contributed by atoms with Gasteiger partial charge in [0.1, 0.15) is 0 Å². The Balaban J connectivity index is 1.89. The minimum absolute atomic E-state index is 0.318. The van der Waals surface area contributed by atoms with E-state index in [1.54, 1.807) is 30.5 Å². The number of hydrogen-bond acceptors (Lipinski definition) is 3. The molecule has 0 aliphatic carbocycles. The number of sulfone groups is 1. The Morgan fingerprint density at radius 1 is 1.04 bits per heavy atom. The smallest absolute Gasteiger partial charge is 0.208 e. The Morgan fingerprint density at radius 3 is 2.58 bits per heavy atom. The van der Waals surface area contributed by atoms with E-state index in [2.05, 4.69) is 17.2 Å². The fraction of sp³-hybridized carbons (Fsp3) is 0.263. The molecule has 3 rings (SSSR count). The Morgan fingerprint density at radius 2 is 1.83 bits per heavy atom. The molecule has 0 fully saturated rings. The molecule has 3 aromatic rings. The molecule has 0 saturated carbocycles. The predicted octanol–water partition coefficient (Wildman–Crippen LogP) is 3.54. The van der Waals surface area contributed by atoms with Gasteiger partial charge < -0.3 is 10.3 Å². The molecule has 0 spiro atoms. The largest absolute Gasteiger partial charge is 0.360 e. The summed E-state index contributed by atoms with van der Waals surface area (Å²) in [7, 11) is -3.50. The number of fused-ring (bicyclic) bond motifs is 1. The highest BCUT2D eigenvalue weighted by atomic mass is 32.2. The van der Waals surface area contributed by atoms with E-state index in [9.17, 15) is 8.42 Å². The predicted molar refractivity (Wildman–Crippen MR) is 97.1 cm³/mol. The van der Waals surface area contributed by atoms with Crippen LogP contribution >= 0.6 is 0 Å². The molecule has 0 aliphatic rings. The van der Waals surface area contributed by atoms with Crippen LogP contribution in [0.3, 0.4) is 0 Å². The standard InChI is InChI=1S/C19H22N2O2S/c1-2-11-20-12-10-15-8-9-17-18(13-15)21-14-19(17)24(22,23)16-6-4-3-5-7-16/h3-9,13-14,20-21H,2,10-12H2,1H3. The van der Waals surface area contributed by atoms with Gasteiger partial charge in [-0.2, -0.15) is 0 Å². The van der Waals surface area contributed by atoms with Crippen LogP contribution in [0.25, 0.3) is 10.9 Å². The van der Waals surface area contributed by atoms with Crippen molar-refractivity contribution in [2.24, 2.45) is 0 Å². The monoisotopic (exact) mass is 342 g/mol. The highest BCUT2D eigenvalue weighted by Crippen LogP contribution is 2.28. The Kier molecular flexibility index (Phi) is 5.02. The van der Waals surface area contributed by atoms with Crippen LogP contribution in [0, 0.1) is 0 Å². The quantitative estimate of drug-likeness (QED) is 0.646. The summed E-state index contributed by atoms with van der Waals surface area (Å²) < 4.78 is 25.6. The van der Waals surface area contributed by atoms with Gasteiger partial charge >= 0.3 is 0 Å². The highest BCUT2D eigenvalue weighted by Gasteiger charge is 2.21. The van der Waals surface area contributed by atoms with Crippen molar-refractivity contribution in [3.63, 3.8) is 0 Å². The zero-order chi connectivity index (χ0) is 17.0. The van der Waals surface area contributed by atoms with Gasteiger partial charge in [-0.05, 0) is 49.7 Å². The van der Waals surface area contributed by atoms with Crippen molar-refractivity contribution >= 4 is 20.7 Å². The third-order valence-electron chi connectivity index (χ3n) is 4.07. The van der Waals surface area contributed by atoms with Gasteiger partial charge in [-0.1, -0.05) is 37.3 Å². The van der Waals surface area contributed by atoms with Gasteiger partial charge in [-0.15, -0.1) is 0 Å². The van der Waals surface area contributed by atoms with Gasteiger partial charge in [-0.25, -0.2) is 8.42 Å². The van der Waals surface area contributed by atoms with E-state index in [1.165, 1.54) is 5.56 Å². The lowest BCUT2D eigenvalue weighted by Gasteiger charge is -2.05. The van der Waals surface area contributed by atoms with Crippen LogP contribution in [0.4, 0.5) is 0 Å². The van der Waals surface area contributed by atoms with Gasteiger partial charge in [-0.3, -0.25) is 0 Å². The maximum atomic E-state index is 12.8. The lowest BCUT2D eigenvalue weighted by atomic mass is 10.1. The summed E-state index contributed by atoms with van der Waals surface area (Å²) >= 11 is 0. The molecule has 0 unspecified atom stereocenters. The first kappa shape index (κ1) is 16.7. The molecule has 5 heteroatoms. The van der Waals surface area contributed by atoms with E-state index in [1.807, 2.05) is 24.3 Å². The van der Waals surface area contributed by atoms with Crippen LogP contribution in [0.1, 0.15) is 18.9 Å². The first-order valence-electron chi connectivity index (χ1n) is 8.24. The van der Waals surface area contributed by atoms with Crippen LogP contribution in [0.2, 0.25) is 0 Å². The molecule has 0 aliphatic heterocycles. The van der Waals surface area contributed by atoms with Crippen LogP contribution in [0.5, 0.6) is 0 Å². The van der Waals surface area contributed by atoms with Gasteiger partial charge in [0.25, 0.3) is 0 Å². The topological polar surface area (TPSA) is 62.0 Å². The summed E-state index contributed by atoms with van der Waals surface area (Å²) in [5.41, 5.74) is 2.05. The van der Waals surface area contributed by atoms with Crippen LogP contribution < -0.4 is 5.32 Å². The number of nitrogens with one attached hydrogen (secondary N) is 2. The molecule has 24 heavy (non-hydrogen) atoms. The number of aromatic amines is 1. The second-order valence-electron chi connectivity index (χ2n) is 5.85. The molecule has 0 bridgehead atoms. The van der Waals surface area contributed by atoms with Gasteiger partial charge in [0.05, 0.1) is 9.79 Å². The summed E-state index contributed by atoms with van der Waals surface area (Å²) in [6.07, 6.45) is 3.64. The van der Waals surface area contributed by atoms with E-state index in [4.69, 9.17) is 0 Å². The first-order chi connectivity index (χ1) is 11.6. The molecule has 4 nitrogen and oxygen atoms in total. The highest BCUT2D eigenvalue weighted by molar-refractivity contribution is 7.91. The maximum Gasteiger partial charge on any atom is 0.208 e. The average molecular weight is 342 g/mol. The van der Waals surface area contributed by atoms with Crippen LogP contribution in [0.15, 0.2) is 64.5 Å². The minimum atomic E-state index is -3.50. The molecule has 1 heterocycles. The van der Waals surface area contributed by atoms with Crippen molar-refractivity contribution in [1.29, 1.82) is 0 Å². The third-order valence-corrected chi connectivity index (χ3v) is 5.88. The van der Waals surface area contributed by atoms with Crippen LogP contribution in [-0.2, 0) is 16.3 Å². The number of rotatable bonds is 7. The van der Waals surface area contributed by atoms with Crippen molar-refractivity contribution in [1.82, 2.24) is 10.3 Å². The first-order valence-corrected chi connectivity index (χ1v) is 9.72. The molecule has 126 valence electrons. The average Bonchev–Trinajstić information content (AvgIpc) is 3.03. The van der Waals surface area contributed by atoms with E-state index in [0.717, 1.165) is 36.8 Å². The SMILES string of the molecule is CCCNCCc1ccc2c(S(=O)(=O)c3ccccc3)c[nH]c2c1. The van der Waals surface area contributed by atoms with Gasteiger partial charge in [0.15, 0.2) is 0 Å². The number of benzene rings is 2. The van der Waals surface area contributed by atoms with E-state index in [0.29, 0.717) is 9.79 Å². The van der Waals surface area contributed by atoms with E-state index in [-0.39, 0.29) is 0 Å². The molecule has 2 N–H and O–H groups in total. The Hall–Kier alpha value is -2.11. The fourth-order valence-electron chi connectivity index (χ4n) is 2.79. The normalized spacial score (nSPS) is 11.9. The van der Waals surface area contributed by atoms with Crippen molar-refractivity contribution in [2.75, 3.05) is 13.1 Å². The Bertz CT molecular complexity index is 915. The number of H-pyrrole nitrogens is 1. The molecule has 0 saturated heterocycles. The second kappa shape index (κ2) is 7.20. The summed E-state index contributed by atoms with van der Waals surface area (Å²) in [5, 5.41) is 4.12. The fourth-order valence-corrected chi connectivity index (χ4v) is 4.24. The van der Waals surface area contributed by atoms with Crippen molar-refractivity contribution in [3.05, 3.63) is 60.3 Å². The summed E-state index contributed by atoms with van der Waals surface area (Å²) in [4.78, 5) is 3.76. The molecular formula is C19H22N2O2S. The molecule has 0 amide bonds. The van der Waals surface area contributed by atoms with Crippen LogP contribution in [-0.4, -0.2) is 26.5 Å². The number of aromatic nitrogens is 1. The van der Waals surface area contributed by atoms with E-state index >= 15 is 0 Å². The zero-order valence-electron chi connectivity index (χ0n) is 13.7. The van der Waals surface area contributed by atoms with Crippen molar-refractivity contribution in [3.8, 4) is 0 Å². The lowest BCUT2D eigenvalue weighted by molar-refractivity contribution is 0.597. The lowest BCUT2D eigenvalue weighted by Crippen LogP contribution is -2.17. The maximum absolute atomic E-state index is 12.8. The van der Waals surface area contributed by atoms with Crippen molar-refractivity contribution < 1.29 is 8.42 Å². The Labute approximate surface area is 142 Å². The minimum Gasteiger partial charge on any atom is -0.360 e. The van der Waals surface area contributed by atoms with Crippen molar-refractivity contribution in [2.45, 2.75) is 29.6 Å². The number of hydrogen-bond donors (Lipinski definition) is 2. The zero-order valence-corrected chi connectivity index (χ0v) is 14.6. The summed E-state index contributed by atoms with van der Waals surface area (Å²) in [6.45, 7) is 4.09. The second-order valence-corrected chi connectivity index (χ2v) is 7.77. The molecule has 0 atom stereocenters. The third kappa shape index (κ3) is 3.37.